The van der Waals surface area contributed by atoms with E-state index in [1.165, 1.54) is 0 Å². The summed E-state index contributed by atoms with van der Waals surface area (Å²) < 4.78 is 2.72. The second-order valence-electron chi connectivity index (χ2n) is 6.36. The van der Waals surface area contributed by atoms with Crippen molar-refractivity contribution in [2.75, 3.05) is 18.4 Å². The third-order valence-corrected chi connectivity index (χ3v) is 6.94. The summed E-state index contributed by atoms with van der Waals surface area (Å²) in [5.74, 6) is -0.333. The Kier molecular flexibility index (Phi) is 7.38. The predicted molar refractivity (Wildman–Crippen MR) is 114 cm³/mol. The van der Waals surface area contributed by atoms with Crippen LogP contribution in [0.2, 0.25) is 0 Å². The van der Waals surface area contributed by atoms with Crippen LogP contribution in [0.4, 0.5) is 5.00 Å². The lowest BCUT2D eigenvalue weighted by atomic mass is 10.1. The largest absolute Gasteiger partial charge is 0.338 e. The van der Waals surface area contributed by atoms with Crippen molar-refractivity contribution in [2.24, 2.45) is 0 Å². The van der Waals surface area contributed by atoms with Crippen LogP contribution >= 0.6 is 27.3 Å². The number of nitrogens with one attached hydrogen (secondary N) is 1. The van der Waals surface area contributed by atoms with Crippen molar-refractivity contribution in [3.05, 3.63) is 31.9 Å². The fourth-order valence-corrected chi connectivity index (χ4v) is 4.31. The number of rotatable bonds is 7. The number of hydrogen-bond acceptors (Lipinski definition) is 5. The third-order valence-electron chi connectivity index (χ3n) is 4.60. The number of thiophene rings is 1. The first-order chi connectivity index (χ1) is 13.2. The summed E-state index contributed by atoms with van der Waals surface area (Å²) in [7, 11) is 0. The Morgan fingerprint density at radius 1 is 1.29 bits per heavy atom. The maximum atomic E-state index is 12.7. The van der Waals surface area contributed by atoms with Gasteiger partial charge in [0.2, 0.25) is 5.91 Å². The van der Waals surface area contributed by atoms with E-state index in [1.807, 2.05) is 27.7 Å². The summed E-state index contributed by atoms with van der Waals surface area (Å²) >= 11 is 4.64. The maximum absolute atomic E-state index is 12.7. The molecule has 0 spiro atoms. The number of hydrogen-bond donors (Lipinski definition) is 1. The summed E-state index contributed by atoms with van der Waals surface area (Å²) in [5, 5.41) is 17.1. The van der Waals surface area contributed by atoms with E-state index in [0.717, 1.165) is 27.2 Å². The van der Waals surface area contributed by atoms with Crippen LogP contribution in [0.3, 0.4) is 0 Å². The molecule has 0 fully saturated rings. The molecular weight excluding hydrogens is 442 g/mol. The number of nitrogens with zero attached hydrogens (tertiary/aromatic N) is 4. The zero-order chi connectivity index (χ0) is 21.0. The highest BCUT2D eigenvalue weighted by Gasteiger charge is 2.24. The first-order valence-corrected chi connectivity index (χ1v) is 10.7. The van der Waals surface area contributed by atoms with Gasteiger partial charge < -0.3 is 10.2 Å². The quantitative estimate of drug-likeness (QED) is 0.668. The van der Waals surface area contributed by atoms with Gasteiger partial charge in [0.25, 0.3) is 5.91 Å². The molecule has 28 heavy (non-hydrogen) atoms. The number of aromatic nitrogens is 2. The van der Waals surface area contributed by atoms with Crippen molar-refractivity contribution >= 4 is 44.1 Å². The van der Waals surface area contributed by atoms with Gasteiger partial charge in [0.1, 0.15) is 11.1 Å². The topological polar surface area (TPSA) is 91.0 Å². The van der Waals surface area contributed by atoms with Crippen molar-refractivity contribution in [2.45, 2.75) is 47.6 Å². The average Bonchev–Trinajstić information content (AvgIpc) is 3.11. The van der Waals surface area contributed by atoms with Gasteiger partial charge in [0.05, 0.1) is 27.2 Å². The van der Waals surface area contributed by atoms with Gasteiger partial charge in [-0.15, -0.1) is 11.3 Å². The Morgan fingerprint density at radius 3 is 2.43 bits per heavy atom. The number of carbonyl (C=O) groups is 2. The summed E-state index contributed by atoms with van der Waals surface area (Å²) in [5.41, 5.74) is 2.80. The summed E-state index contributed by atoms with van der Waals surface area (Å²) in [6.45, 7) is 11.0. The van der Waals surface area contributed by atoms with Gasteiger partial charge in [-0.1, -0.05) is 0 Å². The fourth-order valence-electron chi connectivity index (χ4n) is 2.88. The number of amides is 2. The van der Waals surface area contributed by atoms with E-state index in [0.29, 0.717) is 40.6 Å². The molecule has 0 atom stereocenters. The lowest BCUT2D eigenvalue weighted by Gasteiger charge is -2.17. The SMILES string of the molecule is CCN(CC)C(=O)c1sc(NC(=O)CCn2nc(C)c(Br)c2C)c(C#N)c1C. The van der Waals surface area contributed by atoms with Gasteiger partial charge in [-0.3, -0.25) is 14.3 Å². The lowest BCUT2D eigenvalue weighted by Crippen LogP contribution is -2.30. The first kappa shape index (κ1) is 22.1. The molecule has 1 N–H and O–H groups in total. The van der Waals surface area contributed by atoms with Crippen LogP contribution in [-0.2, 0) is 11.3 Å². The number of aryl methyl sites for hydroxylation is 2. The molecule has 0 aliphatic rings. The van der Waals surface area contributed by atoms with Crippen LogP contribution in [0, 0.1) is 32.1 Å². The van der Waals surface area contributed by atoms with Crippen molar-refractivity contribution < 1.29 is 9.59 Å². The third kappa shape index (κ3) is 4.45. The Labute approximate surface area is 177 Å². The van der Waals surface area contributed by atoms with Crippen LogP contribution in [0.15, 0.2) is 4.47 Å². The molecule has 2 rings (SSSR count). The average molecular weight is 466 g/mol. The molecular formula is C19H24BrN5O2S. The molecule has 2 amide bonds. The number of anilines is 1. The highest BCUT2D eigenvalue weighted by atomic mass is 79.9. The van der Waals surface area contributed by atoms with Crippen LogP contribution in [0.25, 0.3) is 0 Å². The van der Waals surface area contributed by atoms with E-state index in [-0.39, 0.29) is 18.2 Å². The molecule has 7 nitrogen and oxygen atoms in total. The zero-order valence-electron chi connectivity index (χ0n) is 16.7. The van der Waals surface area contributed by atoms with Crippen molar-refractivity contribution in [3.8, 4) is 6.07 Å². The molecule has 2 heterocycles. The number of nitriles is 1. The second-order valence-corrected chi connectivity index (χ2v) is 8.17. The standard InChI is InChI=1S/C19H24BrN5O2S/c1-6-24(7-2)19(27)17-11(3)14(10-21)18(28-17)22-15(26)8-9-25-13(5)16(20)12(4)23-25/h6-9H2,1-5H3,(H,22,26). The Morgan fingerprint density at radius 2 is 1.93 bits per heavy atom. The smallest absolute Gasteiger partial charge is 0.264 e. The van der Waals surface area contributed by atoms with Gasteiger partial charge in [0, 0.05) is 25.2 Å². The normalized spacial score (nSPS) is 10.6. The monoisotopic (exact) mass is 465 g/mol. The lowest BCUT2D eigenvalue weighted by molar-refractivity contribution is -0.116. The van der Waals surface area contributed by atoms with E-state index in [1.54, 1.807) is 16.5 Å². The summed E-state index contributed by atoms with van der Waals surface area (Å²) in [6, 6.07) is 2.11. The van der Waals surface area contributed by atoms with Gasteiger partial charge >= 0.3 is 0 Å². The Bertz CT molecular complexity index is 937. The van der Waals surface area contributed by atoms with E-state index in [2.05, 4.69) is 32.4 Å². The maximum Gasteiger partial charge on any atom is 0.264 e. The van der Waals surface area contributed by atoms with Gasteiger partial charge in [0.15, 0.2) is 0 Å². The van der Waals surface area contributed by atoms with E-state index in [4.69, 9.17) is 0 Å². The number of carbonyl (C=O) groups excluding carboxylic acids is 2. The Balaban J connectivity index is 2.15. The van der Waals surface area contributed by atoms with Crippen molar-refractivity contribution in [3.63, 3.8) is 0 Å². The molecule has 9 heteroatoms. The highest BCUT2D eigenvalue weighted by Crippen LogP contribution is 2.33. The van der Waals surface area contributed by atoms with Gasteiger partial charge in [-0.25, -0.2) is 0 Å². The van der Waals surface area contributed by atoms with Crippen LogP contribution in [0.5, 0.6) is 0 Å². The predicted octanol–water partition coefficient (Wildman–Crippen LogP) is 4.01. The second kappa shape index (κ2) is 9.34. The summed E-state index contributed by atoms with van der Waals surface area (Å²) in [4.78, 5) is 27.3. The van der Waals surface area contributed by atoms with Gasteiger partial charge in [-0.05, 0) is 56.1 Å². The molecule has 0 saturated heterocycles. The zero-order valence-corrected chi connectivity index (χ0v) is 19.1. The molecule has 0 saturated carbocycles. The van der Waals surface area contributed by atoms with Crippen LogP contribution in [-0.4, -0.2) is 39.6 Å². The molecule has 0 unspecified atom stereocenters. The molecule has 2 aromatic heterocycles. The molecule has 0 aromatic carbocycles. The minimum Gasteiger partial charge on any atom is -0.338 e. The highest BCUT2D eigenvalue weighted by molar-refractivity contribution is 9.10. The van der Waals surface area contributed by atoms with Crippen LogP contribution in [0.1, 0.15) is 52.5 Å². The molecule has 0 aliphatic carbocycles. The number of halogens is 1. The van der Waals surface area contributed by atoms with E-state index >= 15 is 0 Å². The van der Waals surface area contributed by atoms with Crippen molar-refractivity contribution in [1.29, 1.82) is 5.26 Å². The van der Waals surface area contributed by atoms with E-state index in [9.17, 15) is 14.9 Å². The molecule has 0 radical (unpaired) electrons. The molecule has 0 bridgehead atoms. The minimum absolute atomic E-state index is 0.114. The summed E-state index contributed by atoms with van der Waals surface area (Å²) in [6.07, 6.45) is 0.218. The van der Waals surface area contributed by atoms with Crippen LogP contribution < -0.4 is 5.32 Å². The first-order valence-electron chi connectivity index (χ1n) is 9.07. The van der Waals surface area contributed by atoms with Gasteiger partial charge in [-0.2, -0.15) is 10.4 Å². The molecule has 0 aliphatic heterocycles. The minimum atomic E-state index is -0.219. The molecule has 2 aromatic rings. The van der Waals surface area contributed by atoms with E-state index < -0.39 is 0 Å². The fraction of sp³-hybridized carbons (Fsp3) is 0.474. The Hall–Kier alpha value is -2.18. The molecule has 150 valence electrons. The van der Waals surface area contributed by atoms with Crippen molar-refractivity contribution in [1.82, 2.24) is 14.7 Å².